The van der Waals surface area contributed by atoms with Gasteiger partial charge in [0.2, 0.25) is 4.89 Å². The van der Waals surface area contributed by atoms with Crippen LogP contribution in [0.3, 0.4) is 0 Å². The van der Waals surface area contributed by atoms with Crippen LogP contribution >= 0.6 is 23.9 Å². The predicted molar refractivity (Wildman–Crippen MR) is 207 cm³/mol. The molecule has 0 aliphatic heterocycles. The summed E-state index contributed by atoms with van der Waals surface area (Å²) in [4.78, 5) is 10.6. The standard InChI is InChI=1S/6C6H11.C2H3OP3.2Sn/c6*1-2-4-6-5-3-1;3-2-4-1-5-6-2;;/h6*1H,2-6H2;1,5-6H;;. The molecule has 6 heteroatoms. The van der Waals surface area contributed by atoms with E-state index in [4.69, 9.17) is 0 Å². The molecule has 7 rings (SSSR count). The van der Waals surface area contributed by atoms with Crippen molar-refractivity contribution in [2.24, 2.45) is 0 Å². The van der Waals surface area contributed by atoms with E-state index in [2.05, 4.69) is 0 Å². The van der Waals surface area contributed by atoms with Crippen LogP contribution in [-0.2, 0) is 0 Å². The van der Waals surface area contributed by atoms with Crippen LogP contribution in [-0.4, -0.2) is 39.5 Å². The summed E-state index contributed by atoms with van der Waals surface area (Å²) in [5.74, 6) is 0. The fourth-order valence-corrected chi connectivity index (χ4v) is 45.3. The molecule has 1 aromatic rings. The van der Waals surface area contributed by atoms with Crippen LogP contribution in [0.25, 0.3) is 0 Å². The second kappa shape index (κ2) is 22.0. The minimum absolute atomic E-state index is 0.410. The van der Waals surface area contributed by atoms with Gasteiger partial charge in [-0.3, -0.25) is 4.79 Å². The number of rotatable bonds is 6. The average molecular weight is 872 g/mol. The summed E-state index contributed by atoms with van der Waals surface area (Å²) >= 11 is -2.30. The number of hydrogen-bond acceptors (Lipinski definition) is 1. The first-order chi connectivity index (χ1) is 21.8. The Morgan fingerprint density at radius 2 is 0.636 bits per heavy atom. The quantitative estimate of drug-likeness (QED) is 0.260. The van der Waals surface area contributed by atoms with Gasteiger partial charge in [0.25, 0.3) is 0 Å². The summed E-state index contributed by atoms with van der Waals surface area (Å²) in [6, 6.07) is 0. The minimum Gasteiger partial charge on any atom is -0.280 e. The summed E-state index contributed by atoms with van der Waals surface area (Å²) < 4.78 is 7.93. The van der Waals surface area contributed by atoms with Gasteiger partial charge in [-0.25, -0.2) is 0 Å². The Kier molecular flexibility index (Phi) is 18.6. The van der Waals surface area contributed by atoms with E-state index in [9.17, 15) is 4.79 Å². The van der Waals surface area contributed by atoms with Gasteiger partial charge >= 0.3 is 256 Å². The van der Waals surface area contributed by atoms with Crippen molar-refractivity contribution in [3.05, 3.63) is 15.2 Å². The average Bonchev–Trinajstić information content (AvgIpc) is 3.59. The molecule has 1 nitrogen and oxygen atoms in total. The molecule has 2 unspecified atom stereocenters. The topological polar surface area (TPSA) is 17.1 Å². The third-order valence-electron chi connectivity index (χ3n) is 12.9. The smallest absolute Gasteiger partial charge is 0.222 e. The van der Waals surface area contributed by atoms with Gasteiger partial charge in [0.15, 0.2) is 0 Å². The van der Waals surface area contributed by atoms with E-state index >= 15 is 0 Å². The molecule has 1 heterocycles. The Balaban J connectivity index is 0.000000147. The van der Waals surface area contributed by atoms with Gasteiger partial charge in [0, 0.05) is 0 Å². The van der Waals surface area contributed by atoms with Crippen LogP contribution in [0.2, 0.25) is 23.6 Å². The molecule has 2 radical (unpaired) electrons. The second-order valence-corrected chi connectivity index (χ2v) is 40.3. The second-order valence-electron chi connectivity index (χ2n) is 15.8. The largest absolute Gasteiger partial charge is 0.280 e. The molecule has 0 bridgehead atoms. The minimum atomic E-state index is -1.15. The van der Waals surface area contributed by atoms with Crippen LogP contribution in [0.1, 0.15) is 193 Å². The van der Waals surface area contributed by atoms with Crippen LogP contribution in [0, 0.1) is 0 Å². The van der Waals surface area contributed by atoms with E-state index in [-0.39, 0.29) is 0 Å². The maximum absolute atomic E-state index is 10.2. The van der Waals surface area contributed by atoms with Crippen molar-refractivity contribution in [2.75, 3.05) is 0 Å². The maximum Gasteiger partial charge on any atom is 0.222 e. The van der Waals surface area contributed by atoms with Gasteiger partial charge in [-0.05, 0) is 13.7 Å². The van der Waals surface area contributed by atoms with E-state index in [0.29, 0.717) is 12.8 Å². The monoisotopic (exact) mass is 874 g/mol. The van der Waals surface area contributed by atoms with Crippen LogP contribution in [0.15, 0.2) is 10.3 Å². The molecule has 6 aliphatic carbocycles. The van der Waals surface area contributed by atoms with Gasteiger partial charge in [-0.1, -0.05) is 7.87 Å². The predicted octanol–water partition coefficient (Wildman–Crippen LogP) is 14.7. The summed E-state index contributed by atoms with van der Waals surface area (Å²) in [6.45, 7) is 0. The molecule has 0 N–H and O–H groups in total. The van der Waals surface area contributed by atoms with Crippen molar-refractivity contribution in [1.82, 2.24) is 0 Å². The van der Waals surface area contributed by atoms with E-state index in [1.165, 1.54) is 23.6 Å². The Hall–Kier alpha value is 2.04. The molecule has 0 aromatic carbocycles. The molecule has 0 amide bonds. The van der Waals surface area contributed by atoms with E-state index in [1.807, 2.05) is 5.53 Å². The normalized spacial score (nSPS) is 26.7. The molecule has 0 saturated heterocycles. The van der Waals surface area contributed by atoms with Crippen molar-refractivity contribution < 1.29 is 0 Å². The van der Waals surface area contributed by atoms with Crippen LogP contribution in [0.4, 0.5) is 0 Å². The summed E-state index contributed by atoms with van der Waals surface area (Å²) in [5.41, 5.74) is 2.04. The molecular weight excluding hydrogens is 803 g/mol. The Bertz CT molecular complexity index is 743. The Labute approximate surface area is 292 Å². The molecule has 6 saturated carbocycles. The van der Waals surface area contributed by atoms with E-state index in [0.717, 1.165) is 16.1 Å². The zero-order chi connectivity index (χ0) is 30.2. The first-order valence-corrected chi connectivity index (χ1v) is 34.0. The fraction of sp³-hybridized carbons (Fsp3) is 0.947. The molecule has 44 heavy (non-hydrogen) atoms. The number of hydrogen-bond donors (Lipinski definition) is 0. The molecule has 6 fully saturated rings. The third-order valence-corrected chi connectivity index (χ3v) is 44.2. The fourth-order valence-electron chi connectivity index (χ4n) is 10.8. The van der Waals surface area contributed by atoms with E-state index in [1.54, 1.807) is 193 Å². The maximum atomic E-state index is 10.2. The third kappa shape index (κ3) is 12.4. The molecule has 6 aliphatic rings. The molecule has 2 atom stereocenters. The first-order valence-electron chi connectivity index (χ1n) is 20.1. The van der Waals surface area contributed by atoms with Crippen molar-refractivity contribution in [1.29, 1.82) is 0 Å². The summed E-state index contributed by atoms with van der Waals surface area (Å²) in [7, 11) is 2.38. The van der Waals surface area contributed by atoms with Gasteiger partial charge in [0.05, 0.1) is 0 Å². The zero-order valence-electron chi connectivity index (χ0n) is 28.6. The van der Waals surface area contributed by atoms with Crippen molar-refractivity contribution in [3.8, 4) is 0 Å². The Morgan fingerprint density at radius 1 is 0.409 bits per heavy atom. The summed E-state index contributed by atoms with van der Waals surface area (Å²) in [6.07, 6.45) is 48.5. The van der Waals surface area contributed by atoms with Crippen molar-refractivity contribution >= 4 is 63.5 Å². The van der Waals surface area contributed by atoms with E-state index < -0.39 is 39.5 Å². The molecule has 0 spiro atoms. The van der Waals surface area contributed by atoms with Crippen LogP contribution < -0.4 is 4.89 Å². The molecule has 250 valence electrons. The molecular formula is C38H69OP3Sn2. The first kappa shape index (κ1) is 37.3. The van der Waals surface area contributed by atoms with Crippen molar-refractivity contribution in [2.45, 2.75) is 216 Å². The molecule has 1 aromatic heterocycles. The summed E-state index contributed by atoms with van der Waals surface area (Å²) in [5, 5.41) is 0. The SMILES string of the molecule is C1CC[CH]([Sn]([CH]2CCCCC2)[CH]2CCCCC2)CC1.C1CC[CH]([Sn]([CH]2CCCCC2)[CH]2CCCCC2)CC1.O=c1pc[pH][pH]1. The Morgan fingerprint density at radius 3 is 0.773 bits per heavy atom. The van der Waals surface area contributed by atoms with Gasteiger partial charge < -0.3 is 0 Å². The van der Waals surface area contributed by atoms with Gasteiger partial charge in [-0.15, -0.1) is 7.87 Å². The van der Waals surface area contributed by atoms with Crippen molar-refractivity contribution in [3.63, 3.8) is 0 Å². The van der Waals surface area contributed by atoms with Crippen LogP contribution in [0.5, 0.6) is 0 Å². The van der Waals surface area contributed by atoms with Gasteiger partial charge in [-0.2, -0.15) is 0 Å². The van der Waals surface area contributed by atoms with Gasteiger partial charge in [0.1, 0.15) is 0 Å². The zero-order valence-corrected chi connectivity index (χ0v) is 37.2.